The van der Waals surface area contributed by atoms with Crippen LogP contribution in [0.15, 0.2) is 92.2 Å². The van der Waals surface area contributed by atoms with Crippen molar-refractivity contribution in [3.8, 4) is 11.4 Å². The predicted octanol–water partition coefficient (Wildman–Crippen LogP) is 4.05. The van der Waals surface area contributed by atoms with Crippen LogP contribution < -0.4 is 4.90 Å². The summed E-state index contributed by atoms with van der Waals surface area (Å²) in [5.41, 5.74) is 2.07. The highest BCUT2D eigenvalue weighted by molar-refractivity contribution is 8.13. The molecule has 2 aliphatic heterocycles. The van der Waals surface area contributed by atoms with Crippen molar-refractivity contribution >= 4 is 28.5 Å². The average molecular weight is 402 g/mol. The first kappa shape index (κ1) is 17.5. The number of nitrogens with zero attached hydrogens (tertiary/aromatic N) is 6. The van der Waals surface area contributed by atoms with Crippen molar-refractivity contribution in [2.75, 3.05) is 4.90 Å². The second-order valence-corrected chi connectivity index (χ2v) is 7.19. The lowest BCUT2D eigenvalue weighted by Gasteiger charge is -2.28. The molecular formula is C20H14N6O2S. The number of amides is 1. The van der Waals surface area contributed by atoms with Crippen molar-refractivity contribution in [1.29, 1.82) is 0 Å². The Hall–Kier alpha value is -3.59. The number of hydrogen-bond acceptors (Lipinski definition) is 8. The highest BCUT2D eigenvalue weighted by Crippen LogP contribution is 2.32. The standard InChI is InChI=1S/C20H14N6O2S/c27-19-15-11-21-24-18(15)23-20(26(19)14-9-5-2-6-10-14)29-12-16-22-17(25-28-16)13-7-3-1-4-8-13/h1-11,18H,12H2. The van der Waals surface area contributed by atoms with Crippen LogP contribution in [-0.4, -0.2) is 27.4 Å². The number of para-hydroxylation sites is 1. The average Bonchev–Trinajstić information content (AvgIpc) is 3.43. The highest BCUT2D eigenvalue weighted by atomic mass is 32.2. The molecule has 0 N–H and O–H groups in total. The van der Waals surface area contributed by atoms with E-state index >= 15 is 0 Å². The predicted molar refractivity (Wildman–Crippen MR) is 109 cm³/mol. The van der Waals surface area contributed by atoms with Crippen molar-refractivity contribution in [3.05, 3.63) is 78.3 Å². The Morgan fingerprint density at radius 3 is 2.59 bits per heavy atom. The molecule has 0 fully saturated rings. The van der Waals surface area contributed by atoms with Crippen LogP contribution in [0.4, 0.5) is 5.69 Å². The van der Waals surface area contributed by atoms with E-state index in [1.165, 1.54) is 18.0 Å². The van der Waals surface area contributed by atoms with E-state index < -0.39 is 6.17 Å². The van der Waals surface area contributed by atoms with Crippen LogP contribution in [0.3, 0.4) is 0 Å². The van der Waals surface area contributed by atoms with Gasteiger partial charge >= 0.3 is 0 Å². The van der Waals surface area contributed by atoms with E-state index in [1.807, 2.05) is 60.7 Å². The van der Waals surface area contributed by atoms with E-state index in [1.54, 1.807) is 4.90 Å². The Morgan fingerprint density at radius 1 is 1.03 bits per heavy atom. The van der Waals surface area contributed by atoms with Gasteiger partial charge in [0.2, 0.25) is 11.7 Å². The number of carbonyl (C=O) groups excluding carboxylic acids is 1. The zero-order valence-electron chi connectivity index (χ0n) is 15.0. The fraction of sp³-hybridized carbons (Fsp3) is 0.100. The first-order valence-electron chi connectivity index (χ1n) is 8.88. The van der Waals surface area contributed by atoms with Gasteiger partial charge in [-0.2, -0.15) is 15.2 Å². The minimum Gasteiger partial charge on any atom is -0.338 e. The lowest BCUT2D eigenvalue weighted by molar-refractivity contribution is -0.114. The van der Waals surface area contributed by atoms with Gasteiger partial charge in [0.25, 0.3) is 5.91 Å². The normalized spacial score (nSPS) is 17.9. The number of thioether (sulfide) groups is 1. The molecule has 9 heteroatoms. The summed E-state index contributed by atoms with van der Waals surface area (Å²) in [4.78, 5) is 23.6. The number of hydrogen-bond donors (Lipinski definition) is 0. The number of aliphatic imine (C=N–C) groups is 1. The number of azo groups is 1. The van der Waals surface area contributed by atoms with E-state index in [-0.39, 0.29) is 5.91 Å². The zero-order chi connectivity index (χ0) is 19.6. The Balaban J connectivity index is 1.40. The third-order valence-electron chi connectivity index (χ3n) is 4.36. The third-order valence-corrected chi connectivity index (χ3v) is 5.30. The molecule has 1 aromatic heterocycles. The van der Waals surface area contributed by atoms with Crippen LogP contribution in [0.2, 0.25) is 0 Å². The molecule has 2 aromatic carbocycles. The SMILES string of the molecule is O=C1C2=CN=NC2N=C(SCc2nc(-c3ccccc3)no2)N1c1ccccc1. The summed E-state index contributed by atoms with van der Waals surface area (Å²) >= 11 is 1.34. The molecule has 1 atom stereocenters. The highest BCUT2D eigenvalue weighted by Gasteiger charge is 2.37. The first-order valence-corrected chi connectivity index (χ1v) is 9.86. The second-order valence-electron chi connectivity index (χ2n) is 6.24. The van der Waals surface area contributed by atoms with Crippen molar-refractivity contribution in [3.63, 3.8) is 0 Å². The smallest absolute Gasteiger partial charge is 0.266 e. The van der Waals surface area contributed by atoms with E-state index in [9.17, 15) is 4.79 Å². The maximum Gasteiger partial charge on any atom is 0.266 e. The molecule has 8 nitrogen and oxygen atoms in total. The molecule has 1 amide bonds. The Kier molecular flexibility index (Phi) is 4.49. The number of amidine groups is 1. The summed E-state index contributed by atoms with van der Waals surface area (Å²) in [6.45, 7) is 0. The summed E-state index contributed by atoms with van der Waals surface area (Å²) < 4.78 is 5.37. The van der Waals surface area contributed by atoms with Gasteiger partial charge in [0.15, 0.2) is 11.3 Å². The number of aromatic nitrogens is 2. The molecule has 0 spiro atoms. The quantitative estimate of drug-likeness (QED) is 0.656. The lowest BCUT2D eigenvalue weighted by atomic mass is 10.1. The van der Waals surface area contributed by atoms with E-state index in [2.05, 4.69) is 25.4 Å². The van der Waals surface area contributed by atoms with Crippen LogP contribution >= 0.6 is 11.8 Å². The molecule has 0 saturated carbocycles. The lowest BCUT2D eigenvalue weighted by Crippen LogP contribution is -2.42. The third kappa shape index (κ3) is 3.36. The van der Waals surface area contributed by atoms with Crippen LogP contribution in [0.5, 0.6) is 0 Å². The van der Waals surface area contributed by atoms with Gasteiger partial charge in [-0.1, -0.05) is 65.4 Å². The van der Waals surface area contributed by atoms with Gasteiger partial charge in [-0.25, -0.2) is 4.99 Å². The molecule has 0 radical (unpaired) electrons. The van der Waals surface area contributed by atoms with Crippen LogP contribution in [0, 0.1) is 0 Å². The summed E-state index contributed by atoms with van der Waals surface area (Å²) in [6.07, 6.45) is 0.880. The maximum atomic E-state index is 13.0. The molecule has 0 bridgehead atoms. The minimum absolute atomic E-state index is 0.181. The summed E-state index contributed by atoms with van der Waals surface area (Å²) in [5.74, 6) is 1.17. The van der Waals surface area contributed by atoms with Crippen LogP contribution in [-0.2, 0) is 10.5 Å². The summed E-state index contributed by atoms with van der Waals surface area (Å²) in [7, 11) is 0. The molecule has 5 rings (SSSR count). The molecule has 2 aliphatic rings. The molecule has 3 heterocycles. The number of rotatable bonds is 4. The van der Waals surface area contributed by atoms with E-state index in [0.717, 1.165) is 11.3 Å². The number of carbonyl (C=O) groups is 1. The van der Waals surface area contributed by atoms with Gasteiger partial charge in [-0.15, -0.1) is 0 Å². The monoisotopic (exact) mass is 402 g/mol. The summed E-state index contributed by atoms with van der Waals surface area (Å²) in [6, 6.07) is 19.0. The minimum atomic E-state index is -0.590. The fourth-order valence-electron chi connectivity index (χ4n) is 2.98. The molecule has 3 aromatic rings. The molecule has 142 valence electrons. The Morgan fingerprint density at radius 2 is 1.79 bits per heavy atom. The molecule has 29 heavy (non-hydrogen) atoms. The topological polar surface area (TPSA) is 96.3 Å². The largest absolute Gasteiger partial charge is 0.338 e. The van der Waals surface area contributed by atoms with Crippen molar-refractivity contribution in [1.82, 2.24) is 10.1 Å². The van der Waals surface area contributed by atoms with Gasteiger partial charge in [-0.3, -0.25) is 9.69 Å². The number of benzene rings is 2. The Bertz CT molecular complexity index is 1140. The Labute approximate surface area is 170 Å². The zero-order valence-corrected chi connectivity index (χ0v) is 15.9. The number of anilines is 1. The van der Waals surface area contributed by atoms with Crippen LogP contribution in [0.25, 0.3) is 11.4 Å². The van der Waals surface area contributed by atoms with Gasteiger partial charge in [0, 0.05) is 5.56 Å². The molecule has 1 unspecified atom stereocenters. The fourth-order valence-corrected chi connectivity index (χ4v) is 3.84. The van der Waals surface area contributed by atoms with Crippen LogP contribution in [0.1, 0.15) is 5.89 Å². The van der Waals surface area contributed by atoms with Crippen molar-refractivity contribution in [2.45, 2.75) is 11.9 Å². The molecule has 0 aliphatic carbocycles. The van der Waals surface area contributed by atoms with Crippen molar-refractivity contribution < 1.29 is 9.32 Å². The molecular weight excluding hydrogens is 388 g/mol. The van der Waals surface area contributed by atoms with E-state index in [4.69, 9.17) is 4.52 Å². The van der Waals surface area contributed by atoms with Crippen molar-refractivity contribution in [2.24, 2.45) is 15.2 Å². The second kappa shape index (κ2) is 7.44. The summed E-state index contributed by atoms with van der Waals surface area (Å²) in [5, 5.41) is 12.4. The van der Waals surface area contributed by atoms with Gasteiger partial charge in [0.1, 0.15) is 0 Å². The number of fused-ring (bicyclic) bond motifs is 1. The molecule has 0 saturated heterocycles. The van der Waals surface area contributed by atoms with E-state index in [0.29, 0.717) is 28.2 Å². The van der Waals surface area contributed by atoms with Gasteiger partial charge in [0.05, 0.1) is 23.2 Å². The van der Waals surface area contributed by atoms with Gasteiger partial charge in [-0.05, 0) is 12.1 Å². The van der Waals surface area contributed by atoms with Gasteiger partial charge < -0.3 is 4.52 Å². The maximum absolute atomic E-state index is 13.0. The first-order chi connectivity index (χ1) is 14.3.